The predicted octanol–water partition coefficient (Wildman–Crippen LogP) is 3.99. The molecule has 7 heteroatoms. The van der Waals surface area contributed by atoms with E-state index < -0.39 is 10.0 Å². The molecule has 0 N–H and O–H groups in total. The third-order valence-corrected chi connectivity index (χ3v) is 7.04. The van der Waals surface area contributed by atoms with Crippen molar-refractivity contribution >= 4 is 27.6 Å². The second-order valence-electron chi connectivity index (χ2n) is 7.57. The fourth-order valence-corrected chi connectivity index (χ4v) is 4.12. The summed E-state index contributed by atoms with van der Waals surface area (Å²) in [6.45, 7) is 8.23. The Kier molecular flexibility index (Phi) is 6.50. The van der Waals surface area contributed by atoms with Gasteiger partial charge >= 0.3 is 0 Å². The van der Waals surface area contributed by atoms with E-state index in [2.05, 4.69) is 25.8 Å². The first kappa shape index (κ1) is 21.6. The van der Waals surface area contributed by atoms with E-state index in [1.165, 1.54) is 43.7 Å². The smallest absolute Gasteiger partial charge is 0.244 e. The van der Waals surface area contributed by atoms with Crippen LogP contribution in [-0.4, -0.2) is 42.8 Å². The van der Waals surface area contributed by atoms with Crippen LogP contribution in [0.5, 0.6) is 0 Å². The van der Waals surface area contributed by atoms with Crippen molar-refractivity contribution in [1.29, 1.82) is 0 Å². The van der Waals surface area contributed by atoms with Gasteiger partial charge in [-0.2, -0.15) is 0 Å². The van der Waals surface area contributed by atoms with Crippen molar-refractivity contribution in [3.8, 4) is 0 Å². The van der Waals surface area contributed by atoms with Gasteiger partial charge in [0.05, 0.1) is 10.3 Å². The second kappa shape index (κ2) is 8.12. The Morgan fingerprint density at radius 3 is 2.11 bits per heavy atom. The maximum absolute atomic E-state index is 12.7. The molecule has 0 aliphatic carbocycles. The molecule has 1 aromatic carbocycles. The average Bonchev–Trinajstić information content (AvgIpc) is 2.60. The number of rotatable bonds is 6. The van der Waals surface area contributed by atoms with Crippen molar-refractivity contribution < 1.29 is 13.2 Å². The number of sulfonamides is 1. The molecule has 1 aromatic heterocycles. The highest BCUT2D eigenvalue weighted by Crippen LogP contribution is 2.27. The molecule has 2 rings (SSSR count). The van der Waals surface area contributed by atoms with Crippen LogP contribution < -0.4 is 0 Å². The van der Waals surface area contributed by atoms with Crippen molar-refractivity contribution in [3.63, 3.8) is 0 Å². The first-order valence-corrected chi connectivity index (χ1v) is 10.9. The minimum atomic E-state index is -3.50. The quantitative estimate of drug-likeness (QED) is 0.536. The first-order valence-electron chi connectivity index (χ1n) is 8.63. The maximum Gasteiger partial charge on any atom is 0.244 e. The zero-order valence-corrected chi connectivity index (χ0v) is 18.2. The van der Waals surface area contributed by atoms with Gasteiger partial charge in [0.2, 0.25) is 10.0 Å². The topological polar surface area (TPSA) is 67.3 Å². The van der Waals surface area contributed by atoms with Crippen LogP contribution in [0, 0.1) is 0 Å². The Morgan fingerprint density at radius 1 is 1.07 bits per heavy atom. The monoisotopic (exact) mass is 406 g/mol. The molecule has 0 radical (unpaired) electrons. The summed E-state index contributed by atoms with van der Waals surface area (Å²) in [4.78, 5) is 17.0. The molecular weight excluding hydrogens is 380 g/mol. The third kappa shape index (κ3) is 5.18. The van der Waals surface area contributed by atoms with E-state index >= 15 is 0 Å². The fraction of sp³-hybridized carbons (Fsp3) is 0.400. The number of aromatic nitrogens is 1. The van der Waals surface area contributed by atoms with Crippen molar-refractivity contribution in [1.82, 2.24) is 9.29 Å². The normalized spacial score (nSPS) is 13.6. The Bertz CT molecular complexity index is 898. The van der Waals surface area contributed by atoms with Crippen LogP contribution in [0.2, 0.25) is 0 Å². The number of carbonyl (C=O) groups excluding carboxylic acids is 1. The van der Waals surface area contributed by atoms with E-state index in [0.717, 1.165) is 4.31 Å². The minimum absolute atomic E-state index is 0.0206. The molecule has 0 aliphatic rings. The highest BCUT2D eigenvalue weighted by Gasteiger charge is 2.21. The largest absolute Gasteiger partial charge is 0.293 e. The van der Waals surface area contributed by atoms with Gasteiger partial charge in [0.15, 0.2) is 5.78 Å². The summed E-state index contributed by atoms with van der Waals surface area (Å²) in [7, 11) is -0.551. The Hall–Kier alpha value is -1.70. The first-order chi connectivity index (χ1) is 12.4. The van der Waals surface area contributed by atoms with Crippen LogP contribution in [0.1, 0.15) is 43.6 Å². The zero-order valence-electron chi connectivity index (χ0n) is 16.6. The van der Waals surface area contributed by atoms with E-state index in [1.54, 1.807) is 6.07 Å². The number of thioether (sulfide) groups is 1. The molecular formula is C20H26N2O3S2. The summed E-state index contributed by atoms with van der Waals surface area (Å²) in [5, 5.41) is 0.286. The summed E-state index contributed by atoms with van der Waals surface area (Å²) < 4.78 is 25.3. The van der Waals surface area contributed by atoms with E-state index in [4.69, 9.17) is 0 Å². The molecule has 5 nitrogen and oxygen atoms in total. The van der Waals surface area contributed by atoms with Gasteiger partial charge in [-0.25, -0.2) is 17.7 Å². The Labute approximate surface area is 166 Å². The average molecular weight is 407 g/mol. The van der Waals surface area contributed by atoms with E-state index in [9.17, 15) is 13.2 Å². The summed E-state index contributed by atoms with van der Waals surface area (Å²) >= 11 is 1.31. The summed E-state index contributed by atoms with van der Waals surface area (Å²) in [5.41, 5.74) is 1.88. The van der Waals surface area contributed by atoms with Crippen LogP contribution in [0.4, 0.5) is 0 Å². The van der Waals surface area contributed by atoms with Crippen molar-refractivity contribution in [3.05, 3.63) is 53.7 Å². The predicted molar refractivity (Wildman–Crippen MR) is 110 cm³/mol. The Morgan fingerprint density at radius 2 is 1.67 bits per heavy atom. The van der Waals surface area contributed by atoms with Crippen LogP contribution >= 0.6 is 11.8 Å². The van der Waals surface area contributed by atoms with Gasteiger partial charge in [0.1, 0.15) is 4.90 Å². The van der Waals surface area contributed by atoms with Crippen LogP contribution in [0.3, 0.4) is 0 Å². The fourth-order valence-electron chi connectivity index (χ4n) is 2.40. The Balaban J connectivity index is 2.10. The van der Waals surface area contributed by atoms with Gasteiger partial charge in [-0.05, 0) is 30.0 Å². The van der Waals surface area contributed by atoms with Crippen LogP contribution in [0.15, 0.2) is 52.5 Å². The number of hydrogen-bond donors (Lipinski definition) is 0. The minimum Gasteiger partial charge on any atom is -0.293 e. The van der Waals surface area contributed by atoms with Crippen molar-refractivity contribution in [2.45, 2.75) is 48.3 Å². The molecule has 0 unspecified atom stereocenters. The molecule has 0 amide bonds. The lowest BCUT2D eigenvalue weighted by atomic mass is 9.86. The number of carbonyl (C=O) groups is 1. The van der Waals surface area contributed by atoms with Gasteiger partial charge in [0, 0.05) is 25.9 Å². The van der Waals surface area contributed by atoms with Gasteiger partial charge in [-0.1, -0.05) is 56.8 Å². The standard InChI is InChI=1S/C20H26N2O3S2/c1-14(19(23)15-7-9-16(10-8-15)20(2,3)4)26-18-12-11-17(13-21-18)27(24,25)22(5)6/h7-14H,1-6H3/t14-/m0/s1. The molecule has 146 valence electrons. The molecule has 0 aliphatic heterocycles. The molecule has 0 saturated carbocycles. The number of hydrogen-bond acceptors (Lipinski definition) is 5. The third-order valence-electron chi connectivity index (χ3n) is 4.19. The van der Waals surface area contributed by atoms with Gasteiger partial charge in [0.25, 0.3) is 0 Å². The highest BCUT2D eigenvalue weighted by molar-refractivity contribution is 8.00. The number of nitrogens with zero attached hydrogens (tertiary/aromatic N) is 2. The maximum atomic E-state index is 12.7. The molecule has 0 saturated heterocycles. The molecule has 1 atom stereocenters. The lowest BCUT2D eigenvalue weighted by Crippen LogP contribution is -2.22. The SMILES string of the molecule is C[C@H](Sc1ccc(S(=O)(=O)N(C)C)cn1)C(=O)c1ccc(C(C)(C)C)cc1. The molecule has 0 spiro atoms. The second-order valence-corrected chi connectivity index (χ2v) is 11.1. The van der Waals surface area contributed by atoms with E-state index in [1.807, 2.05) is 31.2 Å². The molecule has 0 bridgehead atoms. The molecule has 1 heterocycles. The number of ketones is 1. The van der Waals surface area contributed by atoms with Crippen molar-refractivity contribution in [2.75, 3.05) is 14.1 Å². The number of benzene rings is 1. The lowest BCUT2D eigenvalue weighted by Gasteiger charge is -2.19. The number of Topliss-reactive ketones (excluding diaryl/α,β-unsaturated/α-hetero) is 1. The van der Waals surface area contributed by atoms with Crippen molar-refractivity contribution in [2.24, 2.45) is 0 Å². The van der Waals surface area contributed by atoms with E-state index in [0.29, 0.717) is 10.6 Å². The van der Waals surface area contributed by atoms with E-state index in [-0.39, 0.29) is 21.3 Å². The summed E-state index contributed by atoms with van der Waals surface area (Å²) in [6, 6.07) is 10.8. The molecule has 0 fully saturated rings. The van der Waals surface area contributed by atoms with Gasteiger partial charge in [-0.15, -0.1) is 0 Å². The van der Waals surface area contributed by atoms with Crippen LogP contribution in [-0.2, 0) is 15.4 Å². The van der Waals surface area contributed by atoms with Crippen LogP contribution in [0.25, 0.3) is 0 Å². The van der Waals surface area contributed by atoms with Gasteiger partial charge in [-0.3, -0.25) is 4.79 Å². The van der Waals surface area contributed by atoms with Gasteiger partial charge < -0.3 is 0 Å². The summed E-state index contributed by atoms with van der Waals surface area (Å²) in [5.74, 6) is 0.0206. The lowest BCUT2D eigenvalue weighted by molar-refractivity contribution is 0.0994. The summed E-state index contributed by atoms with van der Waals surface area (Å²) in [6.07, 6.45) is 1.33. The zero-order chi connectivity index (χ0) is 20.4. The number of pyridine rings is 1. The molecule has 27 heavy (non-hydrogen) atoms. The highest BCUT2D eigenvalue weighted by atomic mass is 32.2. The molecule has 2 aromatic rings.